The average Bonchev–Trinajstić information content (AvgIpc) is 2.74. The first-order chi connectivity index (χ1) is 13.7. The number of carbonyl (C=O) groups is 2. The van der Waals surface area contributed by atoms with E-state index in [4.69, 9.17) is 4.74 Å². The van der Waals surface area contributed by atoms with Crippen molar-refractivity contribution in [3.8, 4) is 0 Å². The van der Waals surface area contributed by atoms with Crippen molar-refractivity contribution in [2.24, 2.45) is 0 Å². The molecule has 0 aromatic carbocycles. The molecule has 1 saturated heterocycles. The van der Waals surface area contributed by atoms with Crippen LogP contribution in [0.5, 0.6) is 0 Å². The van der Waals surface area contributed by atoms with Crippen LogP contribution < -0.4 is 15.5 Å². The molecule has 0 spiro atoms. The quantitative estimate of drug-likeness (QED) is 0.650. The molecule has 9 nitrogen and oxygen atoms in total. The summed E-state index contributed by atoms with van der Waals surface area (Å²) < 4.78 is 5.37. The summed E-state index contributed by atoms with van der Waals surface area (Å²) in [4.78, 5) is 39.0. The van der Waals surface area contributed by atoms with Crippen LogP contribution in [0.3, 0.4) is 0 Å². The molecule has 148 valence electrons. The maximum atomic E-state index is 12.4. The Hall–Kier alpha value is -2.91. The Bertz CT molecular complexity index is 809. The third kappa shape index (κ3) is 5.30. The average molecular weight is 384 g/mol. The second-order valence-corrected chi connectivity index (χ2v) is 6.32. The molecule has 1 aliphatic heterocycles. The number of ether oxygens (including phenoxy) is 1. The third-order valence-electron chi connectivity index (χ3n) is 4.34. The lowest BCUT2D eigenvalue weighted by molar-refractivity contribution is -0.115. The van der Waals surface area contributed by atoms with E-state index in [1.807, 2.05) is 6.07 Å². The van der Waals surface area contributed by atoms with Gasteiger partial charge in [0.15, 0.2) is 5.78 Å². The van der Waals surface area contributed by atoms with Crippen LogP contribution in [0.1, 0.15) is 29.5 Å². The van der Waals surface area contributed by atoms with Gasteiger partial charge in [-0.3, -0.25) is 9.59 Å². The summed E-state index contributed by atoms with van der Waals surface area (Å²) in [6, 6.07) is 3.59. The van der Waals surface area contributed by atoms with E-state index in [0.29, 0.717) is 31.9 Å². The minimum Gasteiger partial charge on any atom is -0.378 e. The van der Waals surface area contributed by atoms with Crippen LogP contribution in [0.25, 0.3) is 0 Å². The van der Waals surface area contributed by atoms with E-state index >= 15 is 0 Å². The number of hydrogen-bond acceptors (Lipinski definition) is 8. The van der Waals surface area contributed by atoms with Crippen molar-refractivity contribution in [2.45, 2.75) is 19.9 Å². The molecule has 0 radical (unpaired) electrons. The van der Waals surface area contributed by atoms with E-state index in [9.17, 15) is 9.59 Å². The number of ketones is 1. The Labute approximate surface area is 163 Å². The first kappa shape index (κ1) is 19.8. The normalized spacial score (nSPS) is 14.0. The lowest BCUT2D eigenvalue weighted by Gasteiger charge is -2.29. The maximum absolute atomic E-state index is 12.4. The Kier molecular flexibility index (Phi) is 6.99. The first-order valence-electron chi connectivity index (χ1n) is 9.28. The monoisotopic (exact) mass is 384 g/mol. The van der Waals surface area contributed by atoms with Gasteiger partial charge in [0.2, 0.25) is 5.91 Å². The minimum absolute atomic E-state index is 0.0888. The van der Waals surface area contributed by atoms with Crippen molar-refractivity contribution < 1.29 is 14.3 Å². The maximum Gasteiger partial charge on any atom is 0.238 e. The van der Waals surface area contributed by atoms with Gasteiger partial charge < -0.3 is 20.3 Å². The van der Waals surface area contributed by atoms with Gasteiger partial charge in [-0.2, -0.15) is 0 Å². The SMILES string of the molecule is CCC(=O)c1ncc(N2CCOCC2)cc1NC(=O)CNCc1ccncn1. The van der Waals surface area contributed by atoms with Crippen molar-refractivity contribution in [1.82, 2.24) is 20.3 Å². The van der Waals surface area contributed by atoms with Gasteiger partial charge >= 0.3 is 0 Å². The molecule has 1 amide bonds. The number of rotatable bonds is 8. The number of pyridine rings is 1. The minimum atomic E-state index is -0.250. The molecule has 1 fully saturated rings. The number of amides is 1. The second kappa shape index (κ2) is 9.86. The van der Waals surface area contributed by atoms with Gasteiger partial charge in [0.05, 0.1) is 43.0 Å². The lowest BCUT2D eigenvalue weighted by atomic mass is 10.1. The zero-order valence-electron chi connectivity index (χ0n) is 15.9. The lowest BCUT2D eigenvalue weighted by Crippen LogP contribution is -2.36. The summed E-state index contributed by atoms with van der Waals surface area (Å²) in [5.41, 5.74) is 2.37. The van der Waals surface area contributed by atoms with E-state index < -0.39 is 0 Å². The fraction of sp³-hybridized carbons (Fsp3) is 0.421. The number of carbonyl (C=O) groups excluding carboxylic acids is 2. The van der Waals surface area contributed by atoms with Crippen molar-refractivity contribution >= 4 is 23.1 Å². The van der Waals surface area contributed by atoms with Gasteiger partial charge in [-0.1, -0.05) is 6.92 Å². The van der Waals surface area contributed by atoms with Gasteiger partial charge in [0.1, 0.15) is 12.0 Å². The molecule has 0 unspecified atom stereocenters. The highest BCUT2D eigenvalue weighted by molar-refractivity contribution is 6.04. The molecule has 3 heterocycles. The van der Waals surface area contributed by atoms with Gasteiger partial charge in [0, 0.05) is 32.3 Å². The van der Waals surface area contributed by atoms with Crippen LogP contribution in [0.2, 0.25) is 0 Å². The number of aromatic nitrogens is 3. The molecular weight excluding hydrogens is 360 g/mol. The molecule has 0 saturated carbocycles. The molecule has 2 aromatic heterocycles. The molecule has 1 aliphatic rings. The smallest absolute Gasteiger partial charge is 0.238 e. The van der Waals surface area contributed by atoms with Gasteiger partial charge in [-0.25, -0.2) is 15.0 Å². The number of nitrogens with zero attached hydrogens (tertiary/aromatic N) is 4. The summed E-state index contributed by atoms with van der Waals surface area (Å²) >= 11 is 0. The van der Waals surface area contributed by atoms with Crippen molar-refractivity contribution in [3.05, 3.63) is 42.2 Å². The summed E-state index contributed by atoms with van der Waals surface area (Å²) in [7, 11) is 0. The molecule has 0 atom stereocenters. The fourth-order valence-corrected chi connectivity index (χ4v) is 2.85. The van der Waals surface area contributed by atoms with Crippen LogP contribution in [0.15, 0.2) is 30.9 Å². The van der Waals surface area contributed by atoms with Crippen molar-refractivity contribution in [3.63, 3.8) is 0 Å². The molecular formula is C19H24N6O3. The number of Topliss-reactive ketones (excluding diaryl/α,β-unsaturated/α-hetero) is 1. The van der Waals surface area contributed by atoms with Gasteiger partial charge in [0.25, 0.3) is 0 Å². The molecule has 9 heteroatoms. The van der Waals surface area contributed by atoms with Gasteiger partial charge in [-0.05, 0) is 12.1 Å². The number of hydrogen-bond donors (Lipinski definition) is 2. The predicted octanol–water partition coefficient (Wildman–Crippen LogP) is 1.03. The number of nitrogens with one attached hydrogen (secondary N) is 2. The van der Waals surface area contributed by atoms with E-state index in [0.717, 1.165) is 24.5 Å². The fourth-order valence-electron chi connectivity index (χ4n) is 2.85. The predicted molar refractivity (Wildman–Crippen MR) is 104 cm³/mol. The van der Waals surface area contributed by atoms with E-state index in [2.05, 4.69) is 30.5 Å². The largest absolute Gasteiger partial charge is 0.378 e. The molecule has 28 heavy (non-hydrogen) atoms. The number of morpholine rings is 1. The summed E-state index contributed by atoms with van der Waals surface area (Å²) in [6.45, 7) is 5.09. The Morgan fingerprint density at radius 1 is 1.25 bits per heavy atom. The summed E-state index contributed by atoms with van der Waals surface area (Å²) in [5.74, 6) is -0.363. The highest BCUT2D eigenvalue weighted by Gasteiger charge is 2.18. The molecule has 2 aromatic rings. The van der Waals surface area contributed by atoms with Crippen LogP contribution in [-0.4, -0.2) is 59.5 Å². The Balaban J connectivity index is 1.66. The molecule has 2 N–H and O–H groups in total. The summed E-state index contributed by atoms with van der Waals surface area (Å²) in [5, 5.41) is 5.84. The second-order valence-electron chi connectivity index (χ2n) is 6.32. The highest BCUT2D eigenvalue weighted by atomic mass is 16.5. The van der Waals surface area contributed by atoms with Crippen LogP contribution in [-0.2, 0) is 16.1 Å². The molecule has 0 bridgehead atoms. The van der Waals surface area contributed by atoms with E-state index in [1.54, 1.807) is 25.4 Å². The zero-order chi connectivity index (χ0) is 19.8. The van der Waals surface area contributed by atoms with Crippen molar-refractivity contribution in [2.75, 3.05) is 43.1 Å². The topological polar surface area (TPSA) is 109 Å². The standard InChI is InChI=1S/C19H24N6O3/c1-2-17(26)19-16(9-15(11-22-19)25-5-7-28-8-6-25)24-18(27)12-21-10-14-3-4-20-13-23-14/h3-4,9,11,13,21H,2,5-8,10,12H2,1H3,(H,24,27). The Morgan fingerprint density at radius 2 is 2.07 bits per heavy atom. The van der Waals surface area contributed by atoms with E-state index in [1.165, 1.54) is 6.33 Å². The first-order valence-corrected chi connectivity index (χ1v) is 9.28. The Morgan fingerprint density at radius 3 is 2.79 bits per heavy atom. The zero-order valence-corrected chi connectivity index (χ0v) is 15.9. The van der Waals surface area contributed by atoms with Crippen LogP contribution in [0, 0.1) is 0 Å². The highest BCUT2D eigenvalue weighted by Crippen LogP contribution is 2.23. The molecule has 0 aliphatic carbocycles. The molecule has 3 rings (SSSR count). The third-order valence-corrected chi connectivity index (χ3v) is 4.34. The van der Waals surface area contributed by atoms with E-state index in [-0.39, 0.29) is 23.9 Å². The summed E-state index contributed by atoms with van der Waals surface area (Å²) in [6.07, 6.45) is 5.11. The number of anilines is 2. The van der Waals surface area contributed by atoms with Crippen LogP contribution in [0.4, 0.5) is 11.4 Å². The van der Waals surface area contributed by atoms with Crippen molar-refractivity contribution in [1.29, 1.82) is 0 Å². The van der Waals surface area contributed by atoms with Crippen LogP contribution >= 0.6 is 0 Å². The van der Waals surface area contributed by atoms with Gasteiger partial charge in [-0.15, -0.1) is 0 Å².